The average Bonchev–Trinajstić information content (AvgIpc) is 3.29. The van der Waals surface area contributed by atoms with E-state index in [1.807, 2.05) is 40.2 Å². The maximum Gasteiger partial charge on any atom is 0.254 e. The van der Waals surface area contributed by atoms with Gasteiger partial charge in [-0.2, -0.15) is 5.10 Å². The van der Waals surface area contributed by atoms with Crippen LogP contribution in [-0.2, 0) is 0 Å². The van der Waals surface area contributed by atoms with Gasteiger partial charge >= 0.3 is 0 Å². The maximum atomic E-state index is 13.3. The molecule has 0 saturated carbocycles. The van der Waals surface area contributed by atoms with Crippen LogP contribution in [0.3, 0.4) is 0 Å². The van der Waals surface area contributed by atoms with Crippen molar-refractivity contribution in [2.75, 3.05) is 6.54 Å². The molecule has 3 heterocycles. The number of fused-ring (bicyclic) bond motifs is 1. The summed E-state index contributed by atoms with van der Waals surface area (Å²) in [6.45, 7) is 9.20. The Morgan fingerprint density at radius 2 is 2.07 bits per heavy atom. The summed E-state index contributed by atoms with van der Waals surface area (Å²) in [4.78, 5) is 20.2. The predicted molar refractivity (Wildman–Crippen MR) is 108 cm³/mol. The summed E-state index contributed by atoms with van der Waals surface area (Å²) in [7, 11) is 0. The summed E-state index contributed by atoms with van der Waals surface area (Å²) in [5.74, 6) is 0.105. The number of likely N-dealkylation sites (tertiary alicyclic amines) is 1. The van der Waals surface area contributed by atoms with Gasteiger partial charge in [-0.05, 0) is 58.2 Å². The molecule has 2 aromatic heterocycles. The zero-order valence-corrected chi connectivity index (χ0v) is 16.4. The normalized spacial score (nSPS) is 17.2. The van der Waals surface area contributed by atoms with Crippen molar-refractivity contribution in [3.05, 3.63) is 47.8 Å². The topological polar surface area (TPSA) is 51.0 Å². The summed E-state index contributed by atoms with van der Waals surface area (Å²) in [5, 5.41) is 5.36. The van der Waals surface area contributed by atoms with E-state index >= 15 is 0 Å². The Balaban J connectivity index is 1.87. The van der Waals surface area contributed by atoms with Crippen LogP contribution in [0, 0.1) is 6.92 Å². The summed E-state index contributed by atoms with van der Waals surface area (Å²) in [6, 6.07) is 8.63. The molecule has 3 aromatic rings. The fraction of sp³-hybridized carbons (Fsp3) is 0.409. The third kappa shape index (κ3) is 3.22. The molecule has 1 aliphatic rings. The second-order valence-electron chi connectivity index (χ2n) is 7.87. The zero-order valence-electron chi connectivity index (χ0n) is 16.4. The Hall–Kier alpha value is -2.69. The fourth-order valence-corrected chi connectivity index (χ4v) is 3.81. The lowest BCUT2D eigenvalue weighted by molar-refractivity contribution is 0.0749. The summed E-state index contributed by atoms with van der Waals surface area (Å²) >= 11 is 0. The maximum absolute atomic E-state index is 13.3. The highest BCUT2D eigenvalue weighted by atomic mass is 16.2. The lowest BCUT2D eigenvalue weighted by Gasteiger charge is -2.22. The Kier molecular flexibility index (Phi) is 4.46. The molecule has 1 atom stereocenters. The third-order valence-electron chi connectivity index (χ3n) is 5.44. The van der Waals surface area contributed by atoms with E-state index in [0.29, 0.717) is 6.04 Å². The fourth-order valence-electron chi connectivity index (χ4n) is 3.81. The first kappa shape index (κ1) is 17.7. The lowest BCUT2D eigenvalue weighted by Crippen LogP contribution is -2.33. The van der Waals surface area contributed by atoms with E-state index < -0.39 is 0 Å². The number of nitrogens with zero attached hydrogens (tertiary/aromatic N) is 4. The van der Waals surface area contributed by atoms with Crippen molar-refractivity contribution < 1.29 is 4.79 Å². The second-order valence-corrected chi connectivity index (χ2v) is 7.87. The van der Waals surface area contributed by atoms with Crippen LogP contribution in [-0.4, -0.2) is 38.2 Å². The van der Waals surface area contributed by atoms with Crippen molar-refractivity contribution >= 4 is 16.8 Å². The highest BCUT2D eigenvalue weighted by molar-refractivity contribution is 6.07. The van der Waals surface area contributed by atoms with Gasteiger partial charge in [0.2, 0.25) is 0 Å². The molecule has 5 nitrogen and oxygen atoms in total. The quantitative estimate of drug-likeness (QED) is 0.683. The Bertz CT molecular complexity index is 1000. The van der Waals surface area contributed by atoms with Crippen molar-refractivity contribution in [2.24, 2.45) is 0 Å². The molecule has 1 amide bonds. The first-order chi connectivity index (χ1) is 12.9. The van der Waals surface area contributed by atoms with Crippen molar-refractivity contribution in [3.63, 3.8) is 0 Å². The van der Waals surface area contributed by atoms with Crippen molar-refractivity contribution in [1.29, 1.82) is 0 Å². The van der Waals surface area contributed by atoms with Crippen molar-refractivity contribution in [2.45, 2.75) is 52.6 Å². The highest BCUT2D eigenvalue weighted by Gasteiger charge is 2.27. The number of carbonyl (C=O) groups excluding carboxylic acids is 1. The van der Waals surface area contributed by atoms with Gasteiger partial charge in [-0.25, -0.2) is 4.98 Å². The number of rotatable bonds is 3. The number of carbonyl (C=O) groups is 1. The Labute approximate surface area is 160 Å². The summed E-state index contributed by atoms with van der Waals surface area (Å²) in [5.41, 5.74) is 4.48. The monoisotopic (exact) mass is 362 g/mol. The predicted octanol–water partition coefficient (Wildman–Crippen LogP) is 4.61. The van der Waals surface area contributed by atoms with E-state index in [1.165, 1.54) is 0 Å². The number of aryl methyl sites for hydroxylation is 1. The molecule has 0 spiro atoms. The van der Waals surface area contributed by atoms with E-state index in [1.54, 1.807) is 0 Å². The van der Waals surface area contributed by atoms with Crippen molar-refractivity contribution in [1.82, 2.24) is 19.7 Å². The lowest BCUT2D eigenvalue weighted by atomic mass is 10.0. The van der Waals surface area contributed by atoms with E-state index in [0.717, 1.165) is 52.7 Å². The van der Waals surface area contributed by atoms with Crippen LogP contribution in [0.15, 0.2) is 36.7 Å². The van der Waals surface area contributed by atoms with Gasteiger partial charge in [0.15, 0.2) is 0 Å². The van der Waals surface area contributed by atoms with Gasteiger partial charge in [-0.15, -0.1) is 0 Å². The van der Waals surface area contributed by atoms with Gasteiger partial charge in [0.1, 0.15) is 0 Å². The zero-order chi connectivity index (χ0) is 19.1. The third-order valence-corrected chi connectivity index (χ3v) is 5.44. The van der Waals surface area contributed by atoms with Crippen LogP contribution in [0.1, 0.15) is 55.6 Å². The molecule has 0 aliphatic carbocycles. The number of amides is 1. The van der Waals surface area contributed by atoms with E-state index in [9.17, 15) is 4.79 Å². The largest absolute Gasteiger partial charge is 0.336 e. The van der Waals surface area contributed by atoms with Gasteiger partial charge < -0.3 is 4.90 Å². The molecular weight excluding hydrogens is 336 g/mol. The van der Waals surface area contributed by atoms with Gasteiger partial charge in [-0.1, -0.05) is 12.1 Å². The van der Waals surface area contributed by atoms with Crippen LogP contribution in [0.4, 0.5) is 0 Å². The number of hydrogen-bond acceptors (Lipinski definition) is 3. The molecule has 1 fully saturated rings. The number of hydrogen-bond donors (Lipinski definition) is 0. The second kappa shape index (κ2) is 6.80. The minimum atomic E-state index is 0.105. The van der Waals surface area contributed by atoms with Crippen LogP contribution in [0.5, 0.6) is 0 Å². The van der Waals surface area contributed by atoms with Crippen LogP contribution < -0.4 is 0 Å². The minimum Gasteiger partial charge on any atom is -0.336 e. The molecule has 140 valence electrons. The smallest absolute Gasteiger partial charge is 0.254 e. The standard InChI is InChI=1S/C22H26N4O/c1-14(2)26-13-17(12-23-26)20-11-19(22(27)25-9-5-6-16(25)4)18-8-7-15(3)10-21(18)24-20/h7-8,10-14,16H,5-6,9H2,1-4H3. The number of benzene rings is 1. The van der Waals surface area contributed by atoms with Crippen molar-refractivity contribution in [3.8, 4) is 11.3 Å². The molecule has 0 N–H and O–H groups in total. The molecule has 0 bridgehead atoms. The van der Waals surface area contributed by atoms with Crippen LogP contribution in [0.2, 0.25) is 0 Å². The first-order valence-corrected chi connectivity index (χ1v) is 9.71. The van der Waals surface area contributed by atoms with Gasteiger partial charge in [0.25, 0.3) is 5.91 Å². The number of aromatic nitrogens is 3. The molecule has 4 rings (SSSR count). The van der Waals surface area contributed by atoms with Crippen LogP contribution in [0.25, 0.3) is 22.2 Å². The highest BCUT2D eigenvalue weighted by Crippen LogP contribution is 2.29. The molecule has 1 aliphatic heterocycles. The molecule has 1 saturated heterocycles. The molecule has 27 heavy (non-hydrogen) atoms. The van der Waals surface area contributed by atoms with Gasteiger partial charge in [0, 0.05) is 35.8 Å². The SMILES string of the molecule is Cc1ccc2c(C(=O)N3CCCC3C)cc(-c3cnn(C(C)C)c3)nc2c1. The molecule has 1 aromatic carbocycles. The molecular formula is C22H26N4O. The van der Waals surface area contributed by atoms with Gasteiger partial charge in [-0.3, -0.25) is 9.48 Å². The number of pyridine rings is 1. The Morgan fingerprint density at radius 3 is 2.74 bits per heavy atom. The Morgan fingerprint density at radius 1 is 1.26 bits per heavy atom. The van der Waals surface area contributed by atoms with E-state index in [2.05, 4.69) is 38.9 Å². The van der Waals surface area contributed by atoms with E-state index in [4.69, 9.17) is 4.98 Å². The van der Waals surface area contributed by atoms with E-state index in [-0.39, 0.29) is 11.9 Å². The minimum absolute atomic E-state index is 0.105. The first-order valence-electron chi connectivity index (χ1n) is 9.71. The molecule has 5 heteroatoms. The summed E-state index contributed by atoms with van der Waals surface area (Å²) in [6.07, 6.45) is 5.98. The summed E-state index contributed by atoms with van der Waals surface area (Å²) < 4.78 is 1.92. The molecule has 1 unspecified atom stereocenters. The van der Waals surface area contributed by atoms with Gasteiger partial charge in [0.05, 0.1) is 23.0 Å². The average molecular weight is 362 g/mol. The van der Waals surface area contributed by atoms with Crippen LogP contribution >= 0.6 is 0 Å². The molecule has 0 radical (unpaired) electrons.